The monoisotopic (exact) mass is 329 g/mol. The second-order valence-corrected chi connectivity index (χ2v) is 6.86. The number of hydrogen-bond donors (Lipinski definition) is 2. The van der Waals surface area contributed by atoms with E-state index in [2.05, 4.69) is 9.71 Å². The molecule has 0 saturated carbocycles. The Bertz CT molecular complexity index is 765. The summed E-state index contributed by atoms with van der Waals surface area (Å²) in [6, 6.07) is 2.86. The Balaban J connectivity index is 2.24. The highest BCUT2D eigenvalue weighted by Gasteiger charge is 2.20. The van der Waals surface area contributed by atoms with Gasteiger partial charge in [0.25, 0.3) is 0 Å². The maximum absolute atomic E-state index is 12.3. The number of benzene rings is 1. The van der Waals surface area contributed by atoms with Gasteiger partial charge < -0.3 is 10.2 Å². The molecule has 2 aromatic rings. The van der Waals surface area contributed by atoms with Crippen molar-refractivity contribution in [1.29, 1.82) is 0 Å². The summed E-state index contributed by atoms with van der Waals surface area (Å²) in [5.74, 6) is 0.951. The van der Waals surface area contributed by atoms with Crippen LogP contribution in [-0.4, -0.2) is 13.4 Å². The van der Waals surface area contributed by atoms with E-state index in [-0.39, 0.29) is 16.5 Å². The number of nitrogens with two attached hydrogens (primary N) is 1. The molecular formula is C13H16ClN3O3S. The Labute approximate surface area is 128 Å². The lowest BCUT2D eigenvalue weighted by Crippen LogP contribution is -2.24. The molecule has 0 radical (unpaired) electrons. The third-order valence-corrected chi connectivity index (χ3v) is 4.96. The molecule has 21 heavy (non-hydrogen) atoms. The molecule has 1 aromatic heterocycles. The highest BCUT2D eigenvalue weighted by Crippen LogP contribution is 2.26. The Morgan fingerprint density at radius 2 is 2.00 bits per heavy atom. The zero-order valence-corrected chi connectivity index (χ0v) is 13.5. The summed E-state index contributed by atoms with van der Waals surface area (Å²) in [5.41, 5.74) is 7.54. The van der Waals surface area contributed by atoms with Crippen LogP contribution < -0.4 is 10.5 Å². The predicted molar refractivity (Wildman–Crippen MR) is 80.6 cm³/mol. The van der Waals surface area contributed by atoms with Gasteiger partial charge in [0.2, 0.25) is 15.9 Å². The minimum absolute atomic E-state index is 0.0544. The third kappa shape index (κ3) is 3.37. The molecule has 0 aliphatic carbocycles. The Morgan fingerprint density at radius 1 is 1.33 bits per heavy atom. The van der Waals surface area contributed by atoms with Crippen LogP contribution in [0.4, 0.5) is 5.69 Å². The molecule has 2 rings (SSSR count). The lowest BCUT2D eigenvalue weighted by Gasteiger charge is -2.09. The first-order chi connectivity index (χ1) is 9.70. The van der Waals surface area contributed by atoms with Gasteiger partial charge in [-0.2, -0.15) is 0 Å². The lowest BCUT2D eigenvalue weighted by atomic mass is 10.2. The maximum Gasteiger partial charge on any atom is 0.242 e. The molecule has 0 unspecified atom stereocenters. The highest BCUT2D eigenvalue weighted by molar-refractivity contribution is 7.89. The number of aryl methyl sites for hydroxylation is 3. The van der Waals surface area contributed by atoms with Crippen molar-refractivity contribution in [1.82, 2.24) is 9.71 Å². The van der Waals surface area contributed by atoms with E-state index < -0.39 is 10.0 Å². The molecule has 0 spiro atoms. The van der Waals surface area contributed by atoms with E-state index >= 15 is 0 Å². The topological polar surface area (TPSA) is 98.2 Å². The average molecular weight is 330 g/mol. The number of oxazole rings is 1. The highest BCUT2D eigenvalue weighted by atomic mass is 35.5. The summed E-state index contributed by atoms with van der Waals surface area (Å²) in [7, 11) is -3.79. The molecule has 0 bridgehead atoms. The van der Waals surface area contributed by atoms with Crippen LogP contribution in [0.1, 0.15) is 22.9 Å². The van der Waals surface area contributed by atoms with Crippen LogP contribution in [0.15, 0.2) is 21.4 Å². The van der Waals surface area contributed by atoms with E-state index in [0.717, 1.165) is 11.3 Å². The van der Waals surface area contributed by atoms with Gasteiger partial charge in [-0.15, -0.1) is 0 Å². The fraction of sp³-hybridized carbons (Fsp3) is 0.308. The van der Waals surface area contributed by atoms with Gasteiger partial charge in [-0.3, -0.25) is 0 Å². The molecule has 0 saturated heterocycles. The molecule has 0 aliphatic rings. The van der Waals surface area contributed by atoms with Gasteiger partial charge in [-0.1, -0.05) is 11.6 Å². The summed E-state index contributed by atoms with van der Waals surface area (Å²) in [6.45, 7) is 5.25. The van der Waals surface area contributed by atoms with E-state index in [1.807, 2.05) is 0 Å². The van der Waals surface area contributed by atoms with E-state index in [9.17, 15) is 8.42 Å². The van der Waals surface area contributed by atoms with Crippen LogP contribution >= 0.6 is 11.6 Å². The second kappa shape index (κ2) is 5.67. The third-order valence-electron chi connectivity index (χ3n) is 3.10. The van der Waals surface area contributed by atoms with Crippen LogP contribution in [-0.2, 0) is 16.6 Å². The number of nitrogen functional groups attached to an aromatic ring is 1. The van der Waals surface area contributed by atoms with Crippen LogP contribution in [0.2, 0.25) is 5.02 Å². The van der Waals surface area contributed by atoms with Gasteiger partial charge >= 0.3 is 0 Å². The first-order valence-electron chi connectivity index (χ1n) is 6.19. The molecule has 3 N–H and O–H groups in total. The fourth-order valence-corrected chi connectivity index (χ4v) is 3.31. The first kappa shape index (κ1) is 15.8. The molecule has 0 atom stereocenters. The van der Waals surface area contributed by atoms with Crippen molar-refractivity contribution in [2.45, 2.75) is 32.2 Å². The SMILES string of the molecule is Cc1cc(Cl)c(S(=O)(=O)NCc2nc(C)c(C)o2)cc1N. The molecule has 114 valence electrons. The van der Waals surface area contributed by atoms with Gasteiger partial charge in [0, 0.05) is 5.69 Å². The molecular weight excluding hydrogens is 314 g/mol. The van der Waals surface area contributed by atoms with Crippen molar-refractivity contribution in [2.24, 2.45) is 0 Å². The van der Waals surface area contributed by atoms with Crippen molar-refractivity contribution >= 4 is 27.3 Å². The summed E-state index contributed by atoms with van der Waals surface area (Å²) < 4.78 is 32.2. The second-order valence-electron chi connectivity index (χ2n) is 4.71. The Kier molecular flexibility index (Phi) is 4.27. The van der Waals surface area contributed by atoms with Crippen LogP contribution in [0.5, 0.6) is 0 Å². The van der Waals surface area contributed by atoms with E-state index in [4.69, 9.17) is 21.8 Å². The van der Waals surface area contributed by atoms with E-state index in [1.54, 1.807) is 20.8 Å². The number of aromatic nitrogens is 1. The standard InChI is InChI=1S/C13H16ClN3O3S/c1-7-4-10(14)12(5-11(7)15)21(18,19)16-6-13-17-8(2)9(3)20-13/h4-5,16H,6,15H2,1-3H3. The summed E-state index contributed by atoms with van der Waals surface area (Å²) in [4.78, 5) is 4.05. The van der Waals surface area contributed by atoms with Gasteiger partial charge in [0.05, 0.1) is 17.3 Å². The minimum atomic E-state index is -3.79. The van der Waals surface area contributed by atoms with E-state index in [1.165, 1.54) is 12.1 Å². The molecule has 1 aromatic carbocycles. The van der Waals surface area contributed by atoms with E-state index in [0.29, 0.717) is 17.3 Å². The zero-order chi connectivity index (χ0) is 15.8. The number of halogens is 1. The Hall–Kier alpha value is -1.57. The lowest BCUT2D eigenvalue weighted by molar-refractivity contribution is 0.463. The predicted octanol–water partition coefficient (Wildman–Crippen LogP) is 2.31. The molecule has 1 heterocycles. The quantitative estimate of drug-likeness (QED) is 0.839. The van der Waals surface area contributed by atoms with Crippen LogP contribution in [0.25, 0.3) is 0 Å². The molecule has 0 aliphatic heterocycles. The van der Waals surface area contributed by atoms with Crippen molar-refractivity contribution in [3.05, 3.63) is 40.1 Å². The normalized spacial score (nSPS) is 11.8. The number of sulfonamides is 1. The van der Waals surface area contributed by atoms with Gasteiger partial charge in [0.15, 0.2) is 0 Å². The van der Waals surface area contributed by atoms with Crippen LogP contribution in [0.3, 0.4) is 0 Å². The molecule has 6 nitrogen and oxygen atoms in total. The first-order valence-corrected chi connectivity index (χ1v) is 8.05. The molecule has 8 heteroatoms. The smallest absolute Gasteiger partial charge is 0.242 e. The maximum atomic E-state index is 12.3. The van der Waals surface area contributed by atoms with Crippen molar-refractivity contribution in [3.8, 4) is 0 Å². The zero-order valence-electron chi connectivity index (χ0n) is 11.9. The van der Waals surface area contributed by atoms with Gasteiger partial charge in [-0.05, 0) is 38.5 Å². The fourth-order valence-electron chi connectivity index (χ4n) is 1.72. The number of hydrogen-bond acceptors (Lipinski definition) is 5. The number of rotatable bonds is 4. The largest absolute Gasteiger partial charge is 0.444 e. The van der Waals surface area contributed by atoms with Crippen molar-refractivity contribution in [2.75, 3.05) is 5.73 Å². The summed E-state index contributed by atoms with van der Waals surface area (Å²) in [5, 5.41) is 0.119. The number of nitrogens with zero attached hydrogens (tertiary/aromatic N) is 1. The number of nitrogens with one attached hydrogen (secondary N) is 1. The average Bonchev–Trinajstić information content (AvgIpc) is 2.71. The number of anilines is 1. The van der Waals surface area contributed by atoms with Gasteiger partial charge in [-0.25, -0.2) is 18.1 Å². The van der Waals surface area contributed by atoms with Crippen LogP contribution in [0, 0.1) is 20.8 Å². The van der Waals surface area contributed by atoms with Crippen molar-refractivity contribution < 1.29 is 12.8 Å². The molecule has 0 amide bonds. The van der Waals surface area contributed by atoms with Crippen molar-refractivity contribution in [3.63, 3.8) is 0 Å². The summed E-state index contributed by atoms with van der Waals surface area (Å²) in [6.07, 6.45) is 0. The Morgan fingerprint density at radius 3 is 2.57 bits per heavy atom. The van der Waals surface area contributed by atoms with Gasteiger partial charge in [0.1, 0.15) is 10.7 Å². The molecule has 0 fully saturated rings. The summed E-state index contributed by atoms with van der Waals surface area (Å²) >= 11 is 5.98. The minimum Gasteiger partial charge on any atom is -0.444 e.